The third kappa shape index (κ3) is 5.69. The number of hydrogen-bond donors (Lipinski definition) is 0. The van der Waals surface area contributed by atoms with Gasteiger partial charge in [0, 0.05) is 22.8 Å². The molecule has 5 nitrogen and oxygen atoms in total. The van der Waals surface area contributed by atoms with E-state index in [2.05, 4.69) is 29.7 Å². The Bertz CT molecular complexity index is 1520. The first kappa shape index (κ1) is 27.3. The van der Waals surface area contributed by atoms with E-state index in [0.717, 1.165) is 41.9 Å². The lowest BCUT2D eigenvalue weighted by molar-refractivity contribution is -0.119. The number of aromatic nitrogens is 1. The molecule has 0 radical (unpaired) electrons. The Morgan fingerprint density at radius 3 is 2.29 bits per heavy atom. The first-order valence-corrected chi connectivity index (χ1v) is 15.2. The molecule has 0 spiro atoms. The summed E-state index contributed by atoms with van der Waals surface area (Å²) in [6.07, 6.45) is 9.79. The van der Waals surface area contributed by atoms with E-state index in [-0.39, 0.29) is 30.4 Å². The molecule has 3 aromatic carbocycles. The van der Waals surface area contributed by atoms with Crippen LogP contribution in [0.1, 0.15) is 78.7 Å². The highest BCUT2D eigenvalue weighted by Gasteiger charge is 2.40. The van der Waals surface area contributed by atoms with Gasteiger partial charge < -0.3 is 9.47 Å². The molecule has 6 rings (SSSR count). The smallest absolute Gasteiger partial charge is 0.254 e. The SMILES string of the molecule is CCCCCCc1ccc(C(=O)N(CC(=O)N2c3ccccc3-n3cccc3[C@H]2c2ccc(Cl)cc2)C2CC2)cc1. The van der Waals surface area contributed by atoms with Crippen LogP contribution in [0.3, 0.4) is 0 Å². The monoisotopic (exact) mass is 565 g/mol. The Morgan fingerprint density at radius 1 is 0.854 bits per heavy atom. The van der Waals surface area contributed by atoms with Crippen molar-refractivity contribution in [1.82, 2.24) is 9.47 Å². The number of rotatable bonds is 10. The summed E-state index contributed by atoms with van der Waals surface area (Å²) in [5.74, 6) is -0.173. The van der Waals surface area contributed by atoms with Crippen LogP contribution in [0.25, 0.3) is 5.69 Å². The van der Waals surface area contributed by atoms with E-state index in [1.165, 1.54) is 31.2 Å². The van der Waals surface area contributed by atoms with Crippen molar-refractivity contribution in [1.29, 1.82) is 0 Å². The number of aryl methyl sites for hydroxylation is 1. The molecule has 1 aliphatic carbocycles. The van der Waals surface area contributed by atoms with Crippen LogP contribution in [0.15, 0.2) is 91.1 Å². The van der Waals surface area contributed by atoms with Crippen LogP contribution in [-0.2, 0) is 11.2 Å². The minimum Gasteiger partial charge on any atom is -0.326 e. The van der Waals surface area contributed by atoms with Crippen molar-refractivity contribution in [2.24, 2.45) is 0 Å². The molecule has 0 saturated heterocycles. The lowest BCUT2D eigenvalue weighted by Gasteiger charge is -2.39. The number of hydrogen-bond acceptors (Lipinski definition) is 2. The summed E-state index contributed by atoms with van der Waals surface area (Å²) in [4.78, 5) is 31.8. The molecule has 0 bridgehead atoms. The highest BCUT2D eigenvalue weighted by molar-refractivity contribution is 6.30. The molecule has 41 heavy (non-hydrogen) atoms. The summed E-state index contributed by atoms with van der Waals surface area (Å²) in [5.41, 5.74) is 5.64. The summed E-state index contributed by atoms with van der Waals surface area (Å²) in [5, 5.41) is 0.649. The topological polar surface area (TPSA) is 45.6 Å². The number of benzene rings is 3. The second-order valence-electron chi connectivity index (χ2n) is 11.2. The van der Waals surface area contributed by atoms with Crippen LogP contribution < -0.4 is 4.90 Å². The number of amides is 2. The third-order valence-corrected chi connectivity index (χ3v) is 8.50. The molecular formula is C35H36ClN3O2. The number of anilines is 1. The zero-order valence-electron chi connectivity index (χ0n) is 23.5. The Labute approximate surface area is 247 Å². The van der Waals surface area contributed by atoms with Crippen LogP contribution in [0.4, 0.5) is 5.69 Å². The maximum absolute atomic E-state index is 14.3. The van der Waals surface area contributed by atoms with Crippen LogP contribution in [0.5, 0.6) is 0 Å². The largest absolute Gasteiger partial charge is 0.326 e. The van der Waals surface area contributed by atoms with Crippen LogP contribution in [0, 0.1) is 0 Å². The number of fused-ring (bicyclic) bond motifs is 3. The van der Waals surface area contributed by atoms with E-state index in [4.69, 9.17) is 11.6 Å². The Balaban J connectivity index is 1.28. The van der Waals surface area contributed by atoms with Crippen molar-refractivity contribution in [2.45, 2.75) is 64.0 Å². The number of para-hydroxylation sites is 2. The molecule has 1 saturated carbocycles. The molecule has 1 aromatic heterocycles. The zero-order valence-corrected chi connectivity index (χ0v) is 24.3. The van der Waals surface area contributed by atoms with Gasteiger partial charge in [-0.2, -0.15) is 0 Å². The summed E-state index contributed by atoms with van der Waals surface area (Å²) in [7, 11) is 0. The molecule has 1 atom stereocenters. The molecule has 0 unspecified atom stereocenters. The van der Waals surface area contributed by atoms with E-state index in [9.17, 15) is 9.59 Å². The minimum absolute atomic E-state index is 0.0292. The lowest BCUT2D eigenvalue weighted by atomic mass is 9.97. The average molecular weight is 566 g/mol. The number of carbonyl (C=O) groups excluding carboxylic acids is 2. The molecule has 2 aliphatic rings. The molecule has 1 aliphatic heterocycles. The lowest BCUT2D eigenvalue weighted by Crippen LogP contribution is -2.47. The molecule has 210 valence electrons. The van der Waals surface area contributed by atoms with Crippen molar-refractivity contribution in [3.05, 3.63) is 119 Å². The quantitative estimate of drug-likeness (QED) is 0.183. The van der Waals surface area contributed by atoms with E-state index in [1.807, 2.05) is 77.8 Å². The standard InChI is InChI=1S/C35H36ClN3O2/c1-2-3-4-5-9-25-13-15-27(16-14-25)35(41)38(29-21-22-29)24-33(40)39-31-11-7-6-10-30(31)37-23-8-12-32(37)34(39)26-17-19-28(36)20-18-26/h6-8,10-20,23,29,34H,2-5,9,21-22,24H2,1H3/t34-/m1/s1. The van der Waals surface area contributed by atoms with Gasteiger partial charge in [0.1, 0.15) is 12.6 Å². The molecule has 6 heteroatoms. The van der Waals surface area contributed by atoms with Gasteiger partial charge in [0.2, 0.25) is 5.91 Å². The zero-order chi connectivity index (χ0) is 28.3. The van der Waals surface area contributed by atoms with Crippen molar-refractivity contribution >= 4 is 29.1 Å². The first-order valence-electron chi connectivity index (χ1n) is 14.8. The summed E-state index contributed by atoms with van der Waals surface area (Å²) in [6.45, 7) is 2.25. The van der Waals surface area contributed by atoms with Gasteiger partial charge >= 0.3 is 0 Å². The average Bonchev–Trinajstić information content (AvgIpc) is 3.73. The van der Waals surface area contributed by atoms with Crippen LogP contribution >= 0.6 is 11.6 Å². The van der Waals surface area contributed by atoms with Gasteiger partial charge in [0.15, 0.2) is 0 Å². The summed E-state index contributed by atoms with van der Waals surface area (Å²) < 4.78 is 2.14. The van der Waals surface area contributed by atoms with Crippen molar-refractivity contribution in [3.8, 4) is 5.69 Å². The highest BCUT2D eigenvalue weighted by atomic mass is 35.5. The molecule has 2 amide bonds. The fraction of sp³-hybridized carbons (Fsp3) is 0.314. The molecular weight excluding hydrogens is 530 g/mol. The van der Waals surface area contributed by atoms with E-state index in [1.54, 1.807) is 4.90 Å². The van der Waals surface area contributed by atoms with E-state index >= 15 is 0 Å². The molecule has 4 aromatic rings. The van der Waals surface area contributed by atoms with Gasteiger partial charge in [0.25, 0.3) is 5.91 Å². The highest BCUT2D eigenvalue weighted by Crippen LogP contribution is 2.43. The maximum atomic E-state index is 14.3. The molecule has 0 N–H and O–H groups in total. The van der Waals surface area contributed by atoms with E-state index < -0.39 is 0 Å². The minimum atomic E-state index is -0.340. The molecule has 2 heterocycles. The Morgan fingerprint density at radius 2 is 1.59 bits per heavy atom. The fourth-order valence-electron chi connectivity index (χ4n) is 5.93. The fourth-order valence-corrected chi connectivity index (χ4v) is 6.06. The van der Waals surface area contributed by atoms with Crippen molar-refractivity contribution in [2.75, 3.05) is 11.4 Å². The van der Waals surface area contributed by atoms with E-state index in [0.29, 0.717) is 10.6 Å². The normalized spacial score (nSPS) is 15.8. The summed E-state index contributed by atoms with van der Waals surface area (Å²) in [6, 6.07) is 27.5. The third-order valence-electron chi connectivity index (χ3n) is 8.25. The van der Waals surface area contributed by atoms with Crippen molar-refractivity contribution < 1.29 is 9.59 Å². The van der Waals surface area contributed by atoms with Gasteiger partial charge in [-0.3, -0.25) is 14.5 Å². The van der Waals surface area contributed by atoms with Gasteiger partial charge in [0.05, 0.1) is 17.1 Å². The number of carbonyl (C=O) groups is 2. The van der Waals surface area contributed by atoms with Gasteiger partial charge in [-0.25, -0.2) is 0 Å². The van der Waals surface area contributed by atoms with Crippen LogP contribution in [-0.4, -0.2) is 33.9 Å². The van der Waals surface area contributed by atoms with Gasteiger partial charge in [-0.15, -0.1) is 0 Å². The van der Waals surface area contributed by atoms with Gasteiger partial charge in [-0.05, 0) is 85.3 Å². The summed E-state index contributed by atoms with van der Waals surface area (Å²) >= 11 is 6.23. The van der Waals surface area contributed by atoms with Gasteiger partial charge in [-0.1, -0.05) is 74.2 Å². The predicted molar refractivity (Wildman–Crippen MR) is 165 cm³/mol. The number of halogens is 1. The maximum Gasteiger partial charge on any atom is 0.254 e. The predicted octanol–water partition coefficient (Wildman–Crippen LogP) is 7.99. The van der Waals surface area contributed by atoms with Crippen molar-refractivity contribution in [3.63, 3.8) is 0 Å². The second kappa shape index (κ2) is 12.0. The van der Waals surface area contributed by atoms with Crippen LogP contribution in [0.2, 0.25) is 5.02 Å². The Hall–Kier alpha value is -3.83. The first-order chi connectivity index (χ1) is 20.0. The number of nitrogens with zero attached hydrogens (tertiary/aromatic N) is 3. The molecule has 1 fully saturated rings. The second-order valence-corrected chi connectivity index (χ2v) is 11.6. The Kier molecular flexibility index (Phi) is 7.97. The number of unbranched alkanes of at least 4 members (excludes halogenated alkanes) is 3.